The highest BCUT2D eigenvalue weighted by molar-refractivity contribution is 5.78. The number of nitrogens with zero attached hydrogens (tertiary/aromatic N) is 2. The molecule has 0 atom stereocenters. The molecule has 0 aromatic heterocycles. The molecule has 0 unspecified atom stereocenters. The average Bonchev–Trinajstić information content (AvgIpc) is 2.35. The fourth-order valence-electron chi connectivity index (χ4n) is 2.18. The zero-order valence-electron chi connectivity index (χ0n) is 12.1. The standard InChI is InChI=1S/C14H28N4/c1-12(2)10-16-13(15)17-11-14(3,4)18-8-6-5-7-9-18/h1,5-11H2,2-4H3,(H3,15,16,17). The lowest BCUT2D eigenvalue weighted by atomic mass is 9.99. The quantitative estimate of drug-likeness (QED) is 0.445. The van der Waals surface area contributed by atoms with E-state index in [0.717, 1.165) is 12.1 Å². The first-order valence-electron chi connectivity index (χ1n) is 6.85. The Morgan fingerprint density at radius 1 is 1.33 bits per heavy atom. The number of guanidine groups is 1. The first kappa shape index (κ1) is 15.0. The van der Waals surface area contributed by atoms with Gasteiger partial charge in [-0.25, -0.2) is 0 Å². The number of nitrogens with one attached hydrogen (secondary N) is 1. The van der Waals surface area contributed by atoms with Crippen LogP contribution in [0.2, 0.25) is 0 Å². The summed E-state index contributed by atoms with van der Waals surface area (Å²) in [5.41, 5.74) is 6.99. The molecule has 4 heteroatoms. The van der Waals surface area contributed by atoms with E-state index in [9.17, 15) is 0 Å². The molecule has 1 rings (SSSR count). The molecule has 1 saturated heterocycles. The minimum absolute atomic E-state index is 0.0932. The van der Waals surface area contributed by atoms with Crippen molar-refractivity contribution < 1.29 is 0 Å². The van der Waals surface area contributed by atoms with Gasteiger partial charge in [0, 0.05) is 12.1 Å². The number of hydrogen-bond acceptors (Lipinski definition) is 2. The Bertz CT molecular complexity index is 301. The third kappa shape index (κ3) is 5.08. The second kappa shape index (κ2) is 6.78. The number of aliphatic imine (C=N–C) groups is 1. The summed E-state index contributed by atoms with van der Waals surface area (Å²) in [6, 6.07) is 0. The molecule has 0 bridgehead atoms. The van der Waals surface area contributed by atoms with E-state index in [1.54, 1.807) is 0 Å². The summed E-state index contributed by atoms with van der Waals surface area (Å²) in [6.07, 6.45) is 3.96. The number of hydrogen-bond donors (Lipinski definition) is 2. The van der Waals surface area contributed by atoms with Gasteiger partial charge in [0.05, 0.1) is 6.54 Å². The van der Waals surface area contributed by atoms with Crippen LogP contribution in [0.4, 0.5) is 0 Å². The van der Waals surface area contributed by atoms with Crippen molar-refractivity contribution in [2.75, 3.05) is 26.2 Å². The van der Waals surface area contributed by atoms with Gasteiger partial charge in [-0.2, -0.15) is 0 Å². The fourth-order valence-corrected chi connectivity index (χ4v) is 2.18. The smallest absolute Gasteiger partial charge is 0.188 e. The highest BCUT2D eigenvalue weighted by Crippen LogP contribution is 2.20. The maximum absolute atomic E-state index is 5.84. The van der Waals surface area contributed by atoms with Crippen LogP contribution in [0.3, 0.4) is 0 Å². The predicted octanol–water partition coefficient (Wildman–Crippen LogP) is 1.73. The van der Waals surface area contributed by atoms with Gasteiger partial charge in [-0.15, -0.1) is 0 Å². The molecular weight excluding hydrogens is 224 g/mol. The second-order valence-corrected chi connectivity index (χ2v) is 5.87. The van der Waals surface area contributed by atoms with Crippen molar-refractivity contribution in [3.8, 4) is 0 Å². The number of nitrogens with two attached hydrogens (primary N) is 1. The zero-order chi connectivity index (χ0) is 13.6. The Labute approximate surface area is 111 Å². The van der Waals surface area contributed by atoms with Crippen LogP contribution < -0.4 is 11.1 Å². The summed E-state index contributed by atoms with van der Waals surface area (Å²) in [6.45, 7) is 14.1. The third-order valence-corrected chi connectivity index (χ3v) is 3.42. The van der Waals surface area contributed by atoms with Crippen molar-refractivity contribution in [3.63, 3.8) is 0 Å². The largest absolute Gasteiger partial charge is 0.370 e. The molecular formula is C14H28N4. The van der Waals surface area contributed by atoms with Crippen molar-refractivity contribution in [1.29, 1.82) is 0 Å². The molecule has 0 spiro atoms. The monoisotopic (exact) mass is 252 g/mol. The lowest BCUT2D eigenvalue weighted by molar-refractivity contribution is 0.102. The molecule has 1 aliphatic heterocycles. The van der Waals surface area contributed by atoms with Gasteiger partial charge in [-0.1, -0.05) is 18.6 Å². The van der Waals surface area contributed by atoms with Crippen LogP contribution in [-0.2, 0) is 0 Å². The minimum Gasteiger partial charge on any atom is -0.370 e. The van der Waals surface area contributed by atoms with Crippen LogP contribution in [0.25, 0.3) is 0 Å². The Kier molecular flexibility index (Phi) is 5.66. The normalized spacial score (nSPS) is 18.7. The van der Waals surface area contributed by atoms with Gasteiger partial charge in [-0.3, -0.25) is 9.89 Å². The maximum Gasteiger partial charge on any atom is 0.188 e. The minimum atomic E-state index is 0.0932. The van der Waals surface area contributed by atoms with Crippen LogP contribution in [0.1, 0.15) is 40.0 Å². The first-order valence-corrected chi connectivity index (χ1v) is 6.85. The molecule has 0 aliphatic carbocycles. The van der Waals surface area contributed by atoms with Crippen molar-refractivity contribution in [1.82, 2.24) is 10.2 Å². The molecule has 0 amide bonds. The molecule has 0 aromatic rings. The molecule has 0 saturated carbocycles. The summed E-state index contributed by atoms with van der Waals surface area (Å²) in [5.74, 6) is 0.517. The topological polar surface area (TPSA) is 53.6 Å². The number of piperidine rings is 1. The summed E-state index contributed by atoms with van der Waals surface area (Å²) in [7, 11) is 0. The molecule has 3 N–H and O–H groups in total. The molecule has 18 heavy (non-hydrogen) atoms. The van der Waals surface area contributed by atoms with E-state index in [-0.39, 0.29) is 5.54 Å². The van der Waals surface area contributed by atoms with Crippen molar-refractivity contribution in [3.05, 3.63) is 12.2 Å². The van der Waals surface area contributed by atoms with Gasteiger partial charge in [0.2, 0.25) is 0 Å². The van der Waals surface area contributed by atoms with Crippen LogP contribution >= 0.6 is 0 Å². The second-order valence-electron chi connectivity index (χ2n) is 5.87. The summed E-state index contributed by atoms with van der Waals surface area (Å²) in [4.78, 5) is 6.96. The highest BCUT2D eigenvalue weighted by Gasteiger charge is 2.27. The van der Waals surface area contributed by atoms with Gasteiger partial charge in [0.25, 0.3) is 0 Å². The Morgan fingerprint density at radius 2 is 1.94 bits per heavy atom. The lowest BCUT2D eigenvalue weighted by Crippen LogP contribution is -2.49. The van der Waals surface area contributed by atoms with E-state index in [2.05, 4.69) is 35.6 Å². The fraction of sp³-hybridized carbons (Fsp3) is 0.786. The van der Waals surface area contributed by atoms with Crippen molar-refractivity contribution >= 4 is 5.96 Å². The average molecular weight is 252 g/mol. The SMILES string of the molecule is C=C(C)CNC(N)=NCC(C)(C)N1CCCCC1. The lowest BCUT2D eigenvalue weighted by Gasteiger charge is -2.40. The summed E-state index contributed by atoms with van der Waals surface area (Å²) < 4.78 is 0. The summed E-state index contributed by atoms with van der Waals surface area (Å²) >= 11 is 0. The Morgan fingerprint density at radius 3 is 2.50 bits per heavy atom. The van der Waals surface area contributed by atoms with Gasteiger partial charge in [0.1, 0.15) is 0 Å². The predicted molar refractivity (Wildman–Crippen MR) is 78.8 cm³/mol. The van der Waals surface area contributed by atoms with E-state index in [1.165, 1.54) is 32.4 Å². The van der Waals surface area contributed by atoms with E-state index < -0.39 is 0 Å². The van der Waals surface area contributed by atoms with Gasteiger partial charge in [-0.05, 0) is 46.7 Å². The van der Waals surface area contributed by atoms with E-state index in [1.807, 2.05) is 6.92 Å². The van der Waals surface area contributed by atoms with Crippen LogP contribution in [0.5, 0.6) is 0 Å². The molecule has 1 aliphatic rings. The molecule has 0 radical (unpaired) electrons. The van der Waals surface area contributed by atoms with Crippen LogP contribution in [0, 0.1) is 0 Å². The van der Waals surface area contributed by atoms with Gasteiger partial charge < -0.3 is 11.1 Å². The van der Waals surface area contributed by atoms with Crippen molar-refractivity contribution in [2.24, 2.45) is 10.7 Å². The van der Waals surface area contributed by atoms with Gasteiger partial charge in [0.15, 0.2) is 5.96 Å². The van der Waals surface area contributed by atoms with E-state index >= 15 is 0 Å². The van der Waals surface area contributed by atoms with E-state index in [0.29, 0.717) is 12.5 Å². The molecule has 1 heterocycles. The van der Waals surface area contributed by atoms with Gasteiger partial charge >= 0.3 is 0 Å². The van der Waals surface area contributed by atoms with Crippen LogP contribution in [0.15, 0.2) is 17.1 Å². The molecule has 1 fully saturated rings. The molecule has 104 valence electrons. The Hall–Kier alpha value is -1.03. The number of rotatable bonds is 5. The maximum atomic E-state index is 5.84. The Balaban J connectivity index is 2.43. The number of likely N-dealkylation sites (tertiary alicyclic amines) is 1. The molecule has 0 aromatic carbocycles. The summed E-state index contributed by atoms with van der Waals surface area (Å²) in [5, 5.41) is 3.07. The van der Waals surface area contributed by atoms with Crippen molar-refractivity contribution in [2.45, 2.75) is 45.6 Å². The highest BCUT2D eigenvalue weighted by atomic mass is 15.2. The first-order chi connectivity index (χ1) is 8.42. The third-order valence-electron chi connectivity index (χ3n) is 3.42. The van der Waals surface area contributed by atoms with E-state index in [4.69, 9.17) is 5.73 Å². The molecule has 4 nitrogen and oxygen atoms in total. The van der Waals surface area contributed by atoms with Crippen LogP contribution in [-0.4, -0.2) is 42.6 Å². The zero-order valence-corrected chi connectivity index (χ0v) is 12.1.